The molecule has 0 fully saturated rings. The van der Waals surface area contributed by atoms with E-state index in [0.29, 0.717) is 0 Å². The molecule has 2 aliphatic rings. The van der Waals surface area contributed by atoms with Gasteiger partial charge in [0.05, 0.1) is 33.8 Å². The minimum Gasteiger partial charge on any atom is -0.458 e. The second-order valence-electron chi connectivity index (χ2n) is 12.0. The van der Waals surface area contributed by atoms with E-state index in [2.05, 4.69) is 161 Å². The molecule has 5 heteroatoms. The van der Waals surface area contributed by atoms with E-state index in [1.807, 2.05) is 6.07 Å². The number of anilines is 3. The van der Waals surface area contributed by atoms with Gasteiger partial charge in [-0.25, -0.2) is 4.98 Å². The van der Waals surface area contributed by atoms with Crippen LogP contribution >= 0.6 is 0 Å². The number of aromatic nitrogens is 2. The molecular formula is C41H26BN3O. The summed E-state index contributed by atoms with van der Waals surface area (Å²) in [6.45, 7) is 0.103. The van der Waals surface area contributed by atoms with Crippen LogP contribution in [-0.2, 0) is 0 Å². The third-order valence-electron chi connectivity index (χ3n) is 9.44. The van der Waals surface area contributed by atoms with Gasteiger partial charge in [0, 0.05) is 16.3 Å². The molecule has 0 saturated carbocycles. The topological polar surface area (TPSA) is 30.3 Å². The number of rotatable bonds is 3. The number of benzene rings is 6. The first-order chi connectivity index (χ1) is 22.8. The van der Waals surface area contributed by atoms with Crippen molar-refractivity contribution in [2.45, 2.75) is 0 Å². The Labute approximate surface area is 266 Å². The van der Waals surface area contributed by atoms with Gasteiger partial charge in [0.15, 0.2) is 0 Å². The van der Waals surface area contributed by atoms with Crippen LogP contribution in [0.25, 0.3) is 38.8 Å². The highest BCUT2D eigenvalue weighted by molar-refractivity contribution is 6.96. The lowest BCUT2D eigenvalue weighted by Crippen LogP contribution is -2.54. The number of pyridine rings is 1. The summed E-state index contributed by atoms with van der Waals surface area (Å²) >= 11 is 0. The molecule has 4 heterocycles. The van der Waals surface area contributed by atoms with Crippen LogP contribution in [0.15, 0.2) is 158 Å². The number of para-hydroxylation sites is 5. The van der Waals surface area contributed by atoms with Crippen LogP contribution in [0.2, 0.25) is 0 Å². The minimum absolute atomic E-state index is 0.103. The minimum atomic E-state index is 0.103. The Hall–Kier alpha value is -6.07. The lowest BCUT2D eigenvalue weighted by atomic mass is 9.36. The highest BCUT2D eigenvalue weighted by Crippen LogP contribution is 2.49. The summed E-state index contributed by atoms with van der Waals surface area (Å²) in [4.78, 5) is 7.61. The molecule has 2 aromatic heterocycles. The van der Waals surface area contributed by atoms with Crippen molar-refractivity contribution >= 4 is 62.1 Å². The van der Waals surface area contributed by atoms with E-state index in [0.717, 1.165) is 51.1 Å². The average Bonchev–Trinajstić information content (AvgIpc) is 3.47. The van der Waals surface area contributed by atoms with Crippen molar-refractivity contribution in [3.63, 3.8) is 0 Å². The van der Waals surface area contributed by atoms with E-state index in [4.69, 9.17) is 9.72 Å². The molecule has 0 spiro atoms. The second-order valence-corrected chi connectivity index (χ2v) is 12.0. The van der Waals surface area contributed by atoms with Crippen LogP contribution in [0.3, 0.4) is 0 Å². The van der Waals surface area contributed by atoms with Crippen LogP contribution in [-0.4, -0.2) is 16.3 Å². The van der Waals surface area contributed by atoms with Crippen LogP contribution in [0.4, 0.5) is 17.2 Å². The zero-order chi connectivity index (χ0) is 30.2. The van der Waals surface area contributed by atoms with Crippen molar-refractivity contribution in [3.05, 3.63) is 158 Å². The number of ether oxygens (including phenoxy) is 1. The van der Waals surface area contributed by atoms with Gasteiger partial charge in [-0.3, -0.25) is 4.90 Å². The van der Waals surface area contributed by atoms with E-state index in [1.54, 1.807) is 0 Å². The predicted octanol–water partition coefficient (Wildman–Crippen LogP) is 8.25. The van der Waals surface area contributed by atoms with Crippen LogP contribution < -0.4 is 26.0 Å². The quantitative estimate of drug-likeness (QED) is 0.195. The second kappa shape index (κ2) is 9.72. The first-order valence-corrected chi connectivity index (χ1v) is 15.7. The SMILES string of the molecule is c1ccc(B2c3ccccc3Oc3cc(-c4cccc(N5c6ccccc6-n6c7ccccc7c7cccc5c76)n4)ccc32)cc1. The first-order valence-electron chi connectivity index (χ1n) is 15.7. The molecule has 0 bridgehead atoms. The van der Waals surface area contributed by atoms with Crippen LogP contribution in [0.1, 0.15) is 0 Å². The van der Waals surface area contributed by atoms with E-state index in [-0.39, 0.29) is 6.71 Å². The maximum Gasteiger partial charge on any atom is 0.250 e. The smallest absolute Gasteiger partial charge is 0.250 e. The summed E-state index contributed by atoms with van der Waals surface area (Å²) in [5.74, 6) is 2.64. The van der Waals surface area contributed by atoms with Crippen LogP contribution in [0, 0.1) is 0 Å². The zero-order valence-electron chi connectivity index (χ0n) is 24.8. The molecule has 0 radical (unpaired) electrons. The summed E-state index contributed by atoms with van der Waals surface area (Å²) in [5.41, 5.74) is 11.3. The zero-order valence-corrected chi connectivity index (χ0v) is 24.8. The van der Waals surface area contributed by atoms with Crippen LogP contribution in [0.5, 0.6) is 11.5 Å². The molecule has 0 N–H and O–H groups in total. The fraction of sp³-hybridized carbons (Fsp3) is 0. The molecule has 6 aromatic carbocycles. The molecule has 46 heavy (non-hydrogen) atoms. The van der Waals surface area contributed by atoms with Gasteiger partial charge in [0.1, 0.15) is 17.3 Å². The number of hydrogen-bond acceptors (Lipinski definition) is 3. The Kier molecular flexibility index (Phi) is 5.34. The molecule has 0 saturated heterocycles. The lowest BCUT2D eigenvalue weighted by Gasteiger charge is -2.32. The maximum atomic E-state index is 6.55. The van der Waals surface area contributed by atoms with Crippen molar-refractivity contribution in [2.24, 2.45) is 0 Å². The summed E-state index contributed by atoms with van der Waals surface area (Å²) in [5, 5.41) is 2.49. The molecule has 2 aliphatic heterocycles. The van der Waals surface area contributed by atoms with Gasteiger partial charge < -0.3 is 9.30 Å². The van der Waals surface area contributed by atoms with E-state index in [1.165, 1.54) is 32.7 Å². The Balaban J connectivity index is 1.12. The highest BCUT2D eigenvalue weighted by atomic mass is 16.5. The summed E-state index contributed by atoms with van der Waals surface area (Å²) in [7, 11) is 0. The first kappa shape index (κ1) is 25.3. The summed E-state index contributed by atoms with van der Waals surface area (Å²) in [6.07, 6.45) is 0. The summed E-state index contributed by atoms with van der Waals surface area (Å²) in [6, 6.07) is 55.7. The highest BCUT2D eigenvalue weighted by Gasteiger charge is 2.33. The van der Waals surface area contributed by atoms with Gasteiger partial charge in [-0.15, -0.1) is 0 Å². The number of fused-ring (bicyclic) bond motifs is 7. The summed E-state index contributed by atoms with van der Waals surface area (Å²) < 4.78 is 8.95. The molecule has 0 aliphatic carbocycles. The Bertz CT molecular complexity index is 2490. The van der Waals surface area contributed by atoms with Crippen molar-refractivity contribution < 1.29 is 4.74 Å². The standard InChI is InChI=1S/C41H26BN3O/c1-2-12-28(13-3-1)42-31-16-5-9-22-38(31)46-39-26-27(24-25-32(39)42)33-17-11-23-40(43-33)44-35-19-7-8-20-36(35)45-34-18-6-4-14-29(34)30-15-10-21-37(44)41(30)45/h1-26H. The third kappa shape index (κ3) is 3.60. The van der Waals surface area contributed by atoms with E-state index >= 15 is 0 Å². The molecule has 0 unspecified atom stereocenters. The fourth-order valence-electron chi connectivity index (χ4n) is 7.48. The molecule has 214 valence electrons. The molecule has 4 nitrogen and oxygen atoms in total. The van der Waals surface area contributed by atoms with Gasteiger partial charge in [-0.2, -0.15) is 0 Å². The lowest BCUT2D eigenvalue weighted by molar-refractivity contribution is 0.487. The normalized spacial score (nSPS) is 12.9. The predicted molar refractivity (Wildman–Crippen MR) is 190 cm³/mol. The van der Waals surface area contributed by atoms with Gasteiger partial charge in [-0.1, -0.05) is 115 Å². The molecule has 8 aromatic rings. The molecular weight excluding hydrogens is 561 g/mol. The maximum absolute atomic E-state index is 6.55. The van der Waals surface area contributed by atoms with Gasteiger partial charge in [0.25, 0.3) is 6.71 Å². The van der Waals surface area contributed by atoms with Crippen molar-refractivity contribution in [3.8, 4) is 28.4 Å². The van der Waals surface area contributed by atoms with E-state index < -0.39 is 0 Å². The van der Waals surface area contributed by atoms with Gasteiger partial charge >= 0.3 is 0 Å². The third-order valence-corrected chi connectivity index (χ3v) is 9.44. The fourth-order valence-corrected chi connectivity index (χ4v) is 7.48. The number of hydrogen-bond donors (Lipinski definition) is 0. The van der Waals surface area contributed by atoms with Crippen molar-refractivity contribution in [1.29, 1.82) is 0 Å². The van der Waals surface area contributed by atoms with Gasteiger partial charge in [0.2, 0.25) is 0 Å². The molecule has 10 rings (SSSR count). The van der Waals surface area contributed by atoms with Crippen molar-refractivity contribution in [2.75, 3.05) is 4.90 Å². The Morgan fingerprint density at radius 3 is 2.17 bits per heavy atom. The largest absolute Gasteiger partial charge is 0.458 e. The van der Waals surface area contributed by atoms with Crippen molar-refractivity contribution in [1.82, 2.24) is 9.55 Å². The Morgan fingerprint density at radius 1 is 0.522 bits per heavy atom. The number of nitrogens with zero attached hydrogens (tertiary/aromatic N) is 3. The van der Waals surface area contributed by atoms with Gasteiger partial charge in [-0.05, 0) is 59.5 Å². The Morgan fingerprint density at radius 2 is 1.24 bits per heavy atom. The monoisotopic (exact) mass is 587 g/mol. The molecule has 0 atom stereocenters. The molecule has 0 amide bonds. The van der Waals surface area contributed by atoms with E-state index in [9.17, 15) is 0 Å². The average molecular weight is 587 g/mol.